The number of aliphatic hydroxyl groups is 3. The van der Waals surface area contributed by atoms with Gasteiger partial charge in [0.15, 0.2) is 0 Å². The Hall–Kier alpha value is -4.66. The van der Waals surface area contributed by atoms with E-state index >= 15 is 0 Å². The van der Waals surface area contributed by atoms with Gasteiger partial charge in [0.05, 0.1) is 62.4 Å². The molecular weight excluding hydrogens is 749 g/mol. The number of carbonyl (C=O) groups is 2. The number of amides is 1. The van der Waals surface area contributed by atoms with Gasteiger partial charge in [-0.3, -0.25) is 14.4 Å². The summed E-state index contributed by atoms with van der Waals surface area (Å²) in [5.74, 6) is -5.73. The first kappa shape index (κ1) is 42.0. The number of Topliss-reactive ketones (excluding diaryl/α,β-unsaturated/α-hetero) is 1. The third-order valence-corrected chi connectivity index (χ3v) is 12.9. The number of nitrogens with zero attached hydrogens (tertiary/aromatic N) is 1. The summed E-state index contributed by atoms with van der Waals surface area (Å²) in [7, 11) is 1.46. The van der Waals surface area contributed by atoms with Crippen molar-refractivity contribution in [3.63, 3.8) is 0 Å². The maximum absolute atomic E-state index is 14.6. The molecule has 0 spiro atoms. The van der Waals surface area contributed by atoms with E-state index in [2.05, 4.69) is 19.2 Å². The number of hydrogen-bond donors (Lipinski definition) is 5. The van der Waals surface area contributed by atoms with Crippen molar-refractivity contribution < 1.29 is 44.2 Å². The number of carbonyl (C=O) groups excluding carboxylic acids is 2. The minimum absolute atomic E-state index is 0.00465. The van der Waals surface area contributed by atoms with E-state index in [-0.39, 0.29) is 50.5 Å². The van der Waals surface area contributed by atoms with Crippen LogP contribution < -0.4 is 15.5 Å². The molecule has 9 atom stereocenters. The van der Waals surface area contributed by atoms with Gasteiger partial charge in [-0.05, 0) is 43.5 Å². The van der Waals surface area contributed by atoms with Crippen LogP contribution >= 0.6 is 11.3 Å². The molecule has 0 saturated carbocycles. The zero-order chi connectivity index (χ0) is 41.8. The standard InChI is InChI=1S/C44H52N2O10S/c1-19(2)26-14-15-27-29(18-26)57-41-33(45-27)30-31-38(50)25(8)40-32(30)42(52)44(9,56-40)55-17-16-28(54-10)22(5)36(48)24(7)37(49)23(6)35(47)20(3)12-11-13-21(4)43(53)46-34(41)39(31)51/h11-20,22-24,28,35-37,47-50H,1-10H3,(H,46,53)/b12-11+,17-16+,21-13-/t20-,22+,23+,24-,28-,35-,36+,37+,44-/m0/s1. The van der Waals surface area contributed by atoms with Crippen LogP contribution in [0.15, 0.2) is 59.1 Å². The second-order valence-electron chi connectivity index (χ2n) is 16.0. The number of anilines is 1. The number of fused-ring (bicyclic) bond motifs is 2. The number of allylic oxidation sites excluding steroid dienone is 2. The second kappa shape index (κ2) is 15.9. The summed E-state index contributed by atoms with van der Waals surface area (Å²) < 4.78 is 18.7. The zero-order valence-corrected chi connectivity index (χ0v) is 34.7. The minimum atomic E-state index is -1.95. The number of rotatable bonds is 2. The van der Waals surface area contributed by atoms with Gasteiger partial charge in [0.1, 0.15) is 17.2 Å². The molecule has 0 radical (unpaired) electrons. The van der Waals surface area contributed by atoms with E-state index in [9.17, 15) is 34.8 Å². The Kier molecular flexibility index (Phi) is 11.7. The number of phenols is 1. The lowest BCUT2D eigenvalue weighted by Gasteiger charge is -2.36. The number of aliphatic hydroxyl groups excluding tert-OH is 3. The van der Waals surface area contributed by atoms with Crippen LogP contribution in [0.25, 0.3) is 31.6 Å². The fourth-order valence-corrected chi connectivity index (χ4v) is 8.91. The predicted octanol–water partition coefficient (Wildman–Crippen LogP) is 6.97. The molecule has 0 aromatic heterocycles. The van der Waals surface area contributed by atoms with Crippen molar-refractivity contribution >= 4 is 49.7 Å². The highest BCUT2D eigenvalue weighted by atomic mass is 32.1. The van der Waals surface area contributed by atoms with E-state index in [1.807, 2.05) is 18.2 Å². The summed E-state index contributed by atoms with van der Waals surface area (Å²) in [6, 6.07) is 5.81. The van der Waals surface area contributed by atoms with Gasteiger partial charge in [-0.25, -0.2) is 4.98 Å². The van der Waals surface area contributed by atoms with Crippen LogP contribution in [0.5, 0.6) is 11.5 Å². The quantitative estimate of drug-likeness (QED) is 0.104. The Labute approximate surface area is 335 Å². The lowest BCUT2D eigenvalue weighted by atomic mass is 9.78. The Morgan fingerprint density at radius 1 is 0.947 bits per heavy atom. The number of nitrogens with one attached hydrogen (secondary N) is 1. The van der Waals surface area contributed by atoms with E-state index in [0.717, 1.165) is 10.3 Å². The average molecular weight is 801 g/mol. The fraction of sp³-hybridized carbons (Fsp3) is 0.455. The number of ether oxygens (including phenoxy) is 3. The molecule has 0 saturated heterocycles. The van der Waals surface area contributed by atoms with E-state index in [4.69, 9.17) is 19.2 Å². The van der Waals surface area contributed by atoms with Crippen molar-refractivity contribution in [3.8, 4) is 22.1 Å². The summed E-state index contributed by atoms with van der Waals surface area (Å²) in [5.41, 5.74) is 1.39. The Balaban J connectivity index is 1.60. The van der Waals surface area contributed by atoms with Crippen LogP contribution in [0.1, 0.15) is 82.8 Å². The number of methoxy groups -OCH3 is 1. The van der Waals surface area contributed by atoms with Gasteiger partial charge in [0.2, 0.25) is 5.43 Å². The molecule has 4 bridgehead atoms. The Morgan fingerprint density at radius 3 is 2.28 bits per heavy atom. The van der Waals surface area contributed by atoms with Gasteiger partial charge in [-0.1, -0.05) is 65.8 Å². The molecule has 304 valence electrons. The van der Waals surface area contributed by atoms with Crippen molar-refractivity contribution in [2.45, 2.75) is 98.4 Å². The maximum atomic E-state index is 14.6. The third kappa shape index (κ3) is 7.36. The zero-order valence-electron chi connectivity index (χ0n) is 33.9. The van der Waals surface area contributed by atoms with Crippen molar-refractivity contribution in [3.05, 3.63) is 81.3 Å². The molecule has 0 fully saturated rings. The van der Waals surface area contributed by atoms with Crippen molar-refractivity contribution in [1.29, 1.82) is 0 Å². The molecule has 2 aromatic rings. The van der Waals surface area contributed by atoms with Crippen molar-refractivity contribution in [1.82, 2.24) is 4.98 Å². The first-order valence-corrected chi connectivity index (χ1v) is 20.1. The van der Waals surface area contributed by atoms with E-state index < -0.39 is 76.7 Å². The number of phenolic OH excluding ortho intramolecular Hbond substituents is 1. The smallest absolute Gasteiger partial charge is 0.312 e. The lowest BCUT2D eigenvalue weighted by molar-refractivity contribution is -0.112. The highest BCUT2D eigenvalue weighted by Gasteiger charge is 2.50. The van der Waals surface area contributed by atoms with E-state index in [1.54, 1.807) is 52.8 Å². The second-order valence-corrected chi connectivity index (χ2v) is 17.1. The average Bonchev–Trinajstić information content (AvgIpc) is 3.45. The van der Waals surface area contributed by atoms with E-state index in [1.165, 1.54) is 44.6 Å². The Bertz CT molecular complexity index is 2360. The van der Waals surface area contributed by atoms with Gasteiger partial charge in [-0.2, -0.15) is 0 Å². The highest BCUT2D eigenvalue weighted by Crippen LogP contribution is 2.51. The molecule has 13 heteroatoms. The molecule has 57 heavy (non-hydrogen) atoms. The van der Waals surface area contributed by atoms with Crippen molar-refractivity contribution in [2.75, 3.05) is 12.4 Å². The number of aromatic nitrogens is 1. The van der Waals surface area contributed by atoms with Crippen LogP contribution in [-0.4, -0.2) is 74.4 Å². The summed E-state index contributed by atoms with van der Waals surface area (Å²) in [6.07, 6.45) is 3.76. The summed E-state index contributed by atoms with van der Waals surface area (Å²) in [4.78, 5) is 48.3. The summed E-state index contributed by atoms with van der Waals surface area (Å²) in [6.45, 7) is 15.6. The van der Waals surface area contributed by atoms with Crippen LogP contribution in [-0.2, 0) is 14.3 Å². The van der Waals surface area contributed by atoms with Gasteiger partial charge in [0, 0.05) is 54.2 Å². The topological polar surface area (TPSA) is 185 Å². The van der Waals surface area contributed by atoms with Crippen LogP contribution in [0.3, 0.4) is 0 Å². The monoisotopic (exact) mass is 800 g/mol. The molecule has 1 amide bonds. The molecule has 6 rings (SSSR count). The molecule has 3 heterocycles. The number of benzene rings is 3. The first-order chi connectivity index (χ1) is 26.8. The highest BCUT2D eigenvalue weighted by molar-refractivity contribution is 7.22. The molecule has 2 aromatic carbocycles. The van der Waals surface area contributed by atoms with Gasteiger partial charge in [-0.15, -0.1) is 11.3 Å². The van der Waals surface area contributed by atoms with Gasteiger partial charge >= 0.3 is 5.79 Å². The number of hydrogen-bond acceptors (Lipinski definition) is 12. The SMILES string of the molecule is CO[C@H]1/C=C/O[C@@]2(C)Oc3c(C)c(O)c4c(=O)c(c5sc6cc(C(C)C)ccc6nc-5c4c3C2=O)NC(=O)/C(C)=C\C=C\[C@H](C)[C@H](O)[C@@H](C)[C@@H](O)[C@@H](C)[C@H](O)[C@@H]1C. The molecular formula is C44H52N2O10S. The summed E-state index contributed by atoms with van der Waals surface area (Å²) in [5, 5.41) is 48.3. The van der Waals surface area contributed by atoms with Gasteiger partial charge in [0.25, 0.3) is 11.7 Å². The molecule has 4 aliphatic rings. The fourth-order valence-electron chi connectivity index (χ4n) is 7.79. The Morgan fingerprint density at radius 2 is 1.61 bits per heavy atom. The molecule has 5 N–H and O–H groups in total. The number of ketones is 1. The van der Waals surface area contributed by atoms with Crippen LogP contribution in [0, 0.1) is 30.6 Å². The maximum Gasteiger partial charge on any atom is 0.312 e. The van der Waals surface area contributed by atoms with Crippen LogP contribution in [0.2, 0.25) is 0 Å². The number of aromatic hydroxyl groups is 1. The third-order valence-electron chi connectivity index (χ3n) is 11.8. The molecule has 3 aliphatic heterocycles. The summed E-state index contributed by atoms with van der Waals surface area (Å²) >= 11 is 1.24. The van der Waals surface area contributed by atoms with Crippen LogP contribution in [0.4, 0.5) is 5.69 Å². The van der Waals surface area contributed by atoms with Crippen molar-refractivity contribution in [2.24, 2.45) is 23.7 Å². The minimum Gasteiger partial charge on any atom is -0.507 e. The normalized spacial score (nSPS) is 31.0. The molecule has 0 unspecified atom stereocenters. The van der Waals surface area contributed by atoms with E-state index in [0.29, 0.717) is 10.4 Å². The lowest BCUT2D eigenvalue weighted by Crippen LogP contribution is -2.44. The first-order valence-electron chi connectivity index (χ1n) is 19.2. The predicted molar refractivity (Wildman–Crippen MR) is 221 cm³/mol. The van der Waals surface area contributed by atoms with Gasteiger partial charge < -0.3 is 40.0 Å². The molecule has 12 nitrogen and oxygen atoms in total. The molecule has 1 aliphatic carbocycles. The largest absolute Gasteiger partial charge is 0.507 e.